The largest absolute Gasteiger partial charge is 0.381 e. The molecule has 0 amide bonds. The number of hydrogen-bond donors (Lipinski definition) is 0. The summed E-state index contributed by atoms with van der Waals surface area (Å²) in [6.45, 7) is 0. The fraction of sp³-hybridized carbons (Fsp3) is 0.400. The molecule has 1 saturated carbocycles. The van der Waals surface area contributed by atoms with E-state index in [0.29, 0.717) is 0 Å². The second kappa shape index (κ2) is 4.10. The molecule has 0 radical (unpaired) electrons. The molecule has 1 aromatic carbocycles. The molecular formula is C10H10N2O5. The number of methoxy groups -OCH3 is 1. The van der Waals surface area contributed by atoms with Crippen LogP contribution in [0.5, 0.6) is 0 Å². The third-order valence-electron chi connectivity index (χ3n) is 2.51. The molecule has 17 heavy (non-hydrogen) atoms. The van der Waals surface area contributed by atoms with Gasteiger partial charge in [-0.1, -0.05) is 0 Å². The van der Waals surface area contributed by atoms with Gasteiger partial charge in [0.15, 0.2) is 0 Å². The van der Waals surface area contributed by atoms with Crippen LogP contribution in [0.3, 0.4) is 0 Å². The van der Waals surface area contributed by atoms with E-state index in [1.165, 1.54) is 0 Å². The summed E-state index contributed by atoms with van der Waals surface area (Å²) in [6, 6.07) is 2.91. The normalized spacial score (nSPS) is 30.7. The van der Waals surface area contributed by atoms with Gasteiger partial charge in [-0.15, -0.1) is 0 Å². The van der Waals surface area contributed by atoms with E-state index in [9.17, 15) is 20.2 Å². The van der Waals surface area contributed by atoms with E-state index in [4.69, 9.17) is 5.48 Å². The van der Waals surface area contributed by atoms with E-state index in [1.807, 2.05) is 0 Å². The van der Waals surface area contributed by atoms with E-state index in [0.717, 1.165) is 18.2 Å². The minimum absolute atomic E-state index is 0.0238. The molecule has 1 aliphatic rings. The fourth-order valence-corrected chi connectivity index (χ4v) is 1.59. The molecule has 0 spiro atoms. The summed E-state index contributed by atoms with van der Waals surface area (Å²) in [5.41, 5.74) is -1.15. The van der Waals surface area contributed by atoms with E-state index in [2.05, 4.69) is 4.74 Å². The van der Waals surface area contributed by atoms with Gasteiger partial charge in [0.1, 0.15) is 0 Å². The maximum atomic E-state index is 11.0. The van der Waals surface area contributed by atoms with Gasteiger partial charge >= 0.3 is 0 Å². The van der Waals surface area contributed by atoms with Crippen molar-refractivity contribution in [2.24, 2.45) is 0 Å². The molecule has 0 heterocycles. The Morgan fingerprint density at radius 2 is 2.24 bits per heavy atom. The second-order valence-electron chi connectivity index (χ2n) is 3.55. The quantitative estimate of drug-likeness (QED) is 0.594. The Kier molecular flexibility index (Phi) is 1.77. The highest BCUT2D eigenvalue weighted by Gasteiger charge is 2.42. The first-order chi connectivity index (χ1) is 9.54. The molecule has 2 atom stereocenters. The number of hydrogen-bond acceptors (Lipinski definition) is 5. The lowest BCUT2D eigenvalue weighted by Crippen LogP contribution is -1.99. The fourth-order valence-electron chi connectivity index (χ4n) is 1.59. The van der Waals surface area contributed by atoms with Gasteiger partial charge in [0.05, 0.1) is 26.1 Å². The van der Waals surface area contributed by atoms with Crippen LogP contribution in [0.15, 0.2) is 18.2 Å². The highest BCUT2D eigenvalue weighted by molar-refractivity contribution is 5.52. The van der Waals surface area contributed by atoms with Crippen LogP contribution >= 0.6 is 0 Å². The first-order valence-electron chi connectivity index (χ1n) is 6.66. The number of non-ortho nitro benzene ring substituents is 1. The molecule has 0 aliphatic heterocycles. The summed E-state index contributed by atoms with van der Waals surface area (Å²) in [7, 11) is -2.71. The summed E-state index contributed by atoms with van der Waals surface area (Å²) < 4.78 is 33.7. The van der Waals surface area contributed by atoms with Crippen LogP contribution in [0.1, 0.15) is 23.4 Å². The highest BCUT2D eigenvalue weighted by atomic mass is 16.6. The van der Waals surface area contributed by atoms with Gasteiger partial charge in [0, 0.05) is 25.9 Å². The van der Waals surface area contributed by atoms with Crippen LogP contribution in [0, 0.1) is 20.2 Å². The maximum absolute atomic E-state index is 11.0. The molecule has 0 unspecified atom stereocenters. The minimum Gasteiger partial charge on any atom is -0.381 e. The van der Waals surface area contributed by atoms with Gasteiger partial charge in [-0.25, -0.2) is 0 Å². The monoisotopic (exact) mass is 242 g/mol. The zero-order valence-corrected chi connectivity index (χ0v) is 8.45. The summed E-state index contributed by atoms with van der Waals surface area (Å²) in [6.07, 6.45) is -1.03. The van der Waals surface area contributed by atoms with Crippen LogP contribution in [0.25, 0.3) is 0 Å². The Bertz CT molecular complexity index is 620. The Hall–Kier alpha value is -2.02. The highest BCUT2D eigenvalue weighted by Crippen LogP contribution is 2.46. The third-order valence-corrected chi connectivity index (χ3v) is 2.51. The van der Waals surface area contributed by atoms with Crippen molar-refractivity contribution in [2.75, 3.05) is 7.04 Å². The molecule has 0 bridgehead atoms. The number of nitro benzene ring substituents is 2. The summed E-state index contributed by atoms with van der Waals surface area (Å²) in [5.74, 6) is -1.58. The molecule has 2 rings (SSSR count). The van der Waals surface area contributed by atoms with E-state index >= 15 is 0 Å². The van der Waals surface area contributed by atoms with Crippen molar-refractivity contribution >= 4 is 11.4 Å². The second-order valence-corrected chi connectivity index (χ2v) is 3.55. The number of nitrogens with zero attached hydrogens (tertiary/aromatic N) is 2. The smallest absolute Gasteiger partial charge is 0.279 e. The van der Waals surface area contributed by atoms with Crippen molar-refractivity contribution in [3.8, 4) is 0 Å². The van der Waals surface area contributed by atoms with Crippen LogP contribution in [0.4, 0.5) is 11.4 Å². The number of nitro groups is 2. The summed E-state index contributed by atoms with van der Waals surface area (Å²) in [5, 5.41) is 21.7. The topological polar surface area (TPSA) is 95.5 Å². The lowest BCUT2D eigenvalue weighted by Gasteiger charge is -2.01. The van der Waals surface area contributed by atoms with Crippen LogP contribution in [-0.4, -0.2) is 23.0 Å². The summed E-state index contributed by atoms with van der Waals surface area (Å²) in [4.78, 5) is 20.0. The molecule has 0 aromatic heterocycles. The van der Waals surface area contributed by atoms with Gasteiger partial charge < -0.3 is 4.74 Å². The molecular weight excluding hydrogens is 228 g/mol. The Morgan fingerprint density at radius 1 is 1.47 bits per heavy atom. The van der Waals surface area contributed by atoms with Crippen molar-refractivity contribution in [2.45, 2.75) is 18.4 Å². The molecule has 0 saturated heterocycles. The van der Waals surface area contributed by atoms with Crippen LogP contribution < -0.4 is 0 Å². The SMILES string of the molecule is [2H]C([2H])([2H])O[C@H]1C[C@@]1([2H])c1ccc([N+](=O)[O-])cc1[N+](=O)[O-]. The van der Waals surface area contributed by atoms with Gasteiger partial charge in [-0.2, -0.15) is 0 Å². The molecule has 1 fully saturated rings. The van der Waals surface area contributed by atoms with Crippen molar-refractivity contribution in [1.82, 2.24) is 0 Å². The van der Waals surface area contributed by atoms with Crippen molar-refractivity contribution < 1.29 is 20.1 Å². The standard InChI is InChI=1S/C10H10N2O5/c1-17-10-5-8(10)7-3-2-6(11(13)14)4-9(7)12(15)16/h2-4,8,10H,5H2,1H3/t8-,10-/m0/s1/i1D3,8D. The molecule has 1 aliphatic carbocycles. The average molecular weight is 242 g/mol. The van der Waals surface area contributed by atoms with Crippen molar-refractivity contribution in [1.29, 1.82) is 0 Å². The maximum Gasteiger partial charge on any atom is 0.279 e. The van der Waals surface area contributed by atoms with Gasteiger partial charge in [-0.3, -0.25) is 20.2 Å². The first-order valence-corrected chi connectivity index (χ1v) is 4.66. The molecule has 7 nitrogen and oxygen atoms in total. The minimum atomic E-state index is -2.71. The van der Waals surface area contributed by atoms with Crippen LogP contribution in [0.2, 0.25) is 0 Å². The molecule has 90 valence electrons. The molecule has 1 aromatic rings. The Labute approximate surface area is 102 Å². The van der Waals surface area contributed by atoms with Crippen molar-refractivity contribution in [3.63, 3.8) is 0 Å². The lowest BCUT2D eigenvalue weighted by molar-refractivity contribution is -0.394. The predicted molar refractivity (Wildman–Crippen MR) is 57.9 cm³/mol. The zero-order valence-electron chi connectivity index (χ0n) is 12.5. The number of rotatable bonds is 4. The van der Waals surface area contributed by atoms with Gasteiger partial charge in [0.2, 0.25) is 0 Å². The average Bonchev–Trinajstić information content (AvgIpc) is 2.97. The first kappa shape index (κ1) is 7.33. The Balaban J connectivity index is 2.37. The van der Waals surface area contributed by atoms with Gasteiger partial charge in [-0.05, 0) is 12.5 Å². The summed E-state index contributed by atoms with van der Waals surface area (Å²) >= 11 is 0. The van der Waals surface area contributed by atoms with E-state index in [1.54, 1.807) is 0 Å². The number of benzene rings is 1. The predicted octanol–water partition coefficient (Wildman–Crippen LogP) is 2.01. The Morgan fingerprint density at radius 3 is 2.82 bits per heavy atom. The van der Waals surface area contributed by atoms with Crippen molar-refractivity contribution in [3.05, 3.63) is 44.0 Å². The number of ether oxygens (including phenoxy) is 1. The van der Waals surface area contributed by atoms with E-state index < -0.39 is 40.3 Å². The third kappa shape index (κ3) is 2.09. The lowest BCUT2D eigenvalue weighted by atomic mass is 10.1. The van der Waals surface area contributed by atoms with Gasteiger partial charge in [0.25, 0.3) is 11.4 Å². The van der Waals surface area contributed by atoms with Crippen LogP contribution in [-0.2, 0) is 4.74 Å². The van der Waals surface area contributed by atoms with E-state index in [-0.39, 0.29) is 12.0 Å². The molecule has 0 N–H and O–H groups in total. The molecule has 7 heteroatoms. The zero-order chi connectivity index (χ0) is 16.0.